The number of anilines is 1. The van der Waals surface area contributed by atoms with Crippen molar-refractivity contribution in [1.29, 1.82) is 0 Å². The second-order valence-corrected chi connectivity index (χ2v) is 6.94. The second-order valence-electron chi connectivity index (χ2n) is 6.94. The van der Waals surface area contributed by atoms with Crippen LogP contribution in [0.4, 0.5) is 5.69 Å². The van der Waals surface area contributed by atoms with Crippen molar-refractivity contribution in [3.05, 3.63) is 24.0 Å². The number of hydrogen-bond donors (Lipinski definition) is 1. The van der Waals surface area contributed by atoms with Crippen molar-refractivity contribution in [2.24, 2.45) is 16.7 Å². The molecule has 0 aromatic carbocycles. The average Bonchev–Trinajstić information content (AvgIpc) is 2.65. The Morgan fingerprint density at radius 2 is 2.11 bits per heavy atom. The molecule has 3 atom stereocenters. The number of rotatable bonds is 2. The number of nitrogens with one attached hydrogen (secondary N) is 1. The monoisotopic (exact) mass is 244 g/mol. The number of pyridine rings is 1. The summed E-state index contributed by atoms with van der Waals surface area (Å²) in [6.07, 6.45) is 5.96. The van der Waals surface area contributed by atoms with Crippen molar-refractivity contribution >= 4 is 5.69 Å². The van der Waals surface area contributed by atoms with Crippen molar-refractivity contribution in [3.63, 3.8) is 0 Å². The van der Waals surface area contributed by atoms with E-state index in [-0.39, 0.29) is 0 Å². The fourth-order valence-corrected chi connectivity index (χ4v) is 4.25. The molecule has 2 fully saturated rings. The maximum absolute atomic E-state index is 4.38. The number of aromatic nitrogens is 1. The molecule has 18 heavy (non-hydrogen) atoms. The molecule has 0 saturated heterocycles. The third-order valence-electron chi connectivity index (χ3n) is 6.13. The molecule has 0 amide bonds. The highest BCUT2D eigenvalue weighted by Crippen LogP contribution is 2.65. The summed E-state index contributed by atoms with van der Waals surface area (Å²) < 4.78 is 0. The third-order valence-corrected chi connectivity index (χ3v) is 6.13. The lowest BCUT2D eigenvalue weighted by molar-refractivity contribution is 0.142. The summed E-state index contributed by atoms with van der Waals surface area (Å²) in [6, 6.07) is 4.79. The van der Waals surface area contributed by atoms with Crippen LogP contribution in [0.15, 0.2) is 18.3 Å². The summed E-state index contributed by atoms with van der Waals surface area (Å²) in [4.78, 5) is 4.38. The Labute approximate surface area is 110 Å². The first kappa shape index (κ1) is 12.0. The van der Waals surface area contributed by atoms with Crippen LogP contribution in [-0.4, -0.2) is 11.0 Å². The number of nitrogens with zero attached hydrogens (tertiary/aromatic N) is 1. The molecule has 2 nitrogen and oxygen atoms in total. The van der Waals surface area contributed by atoms with E-state index in [1.807, 2.05) is 12.3 Å². The molecule has 1 aromatic rings. The molecule has 2 aliphatic carbocycles. The topological polar surface area (TPSA) is 24.9 Å². The second kappa shape index (κ2) is 3.72. The van der Waals surface area contributed by atoms with Crippen LogP contribution >= 0.6 is 0 Å². The molecular formula is C16H24N2. The van der Waals surface area contributed by atoms with Gasteiger partial charge < -0.3 is 5.32 Å². The van der Waals surface area contributed by atoms with Crippen LogP contribution in [0, 0.1) is 23.7 Å². The van der Waals surface area contributed by atoms with Gasteiger partial charge in [0.25, 0.3) is 0 Å². The molecule has 1 heterocycles. The van der Waals surface area contributed by atoms with E-state index >= 15 is 0 Å². The molecule has 3 unspecified atom stereocenters. The lowest BCUT2D eigenvalue weighted by atomic mass is 9.69. The first-order valence-electron chi connectivity index (χ1n) is 7.13. The molecular weight excluding hydrogens is 220 g/mol. The van der Waals surface area contributed by atoms with Crippen molar-refractivity contribution in [1.82, 2.24) is 4.98 Å². The molecule has 3 rings (SSSR count). The zero-order chi connectivity index (χ0) is 13.0. The Morgan fingerprint density at radius 3 is 2.67 bits per heavy atom. The summed E-state index contributed by atoms with van der Waals surface area (Å²) in [6.45, 7) is 9.48. The normalized spacial score (nSPS) is 36.9. The van der Waals surface area contributed by atoms with Crippen molar-refractivity contribution in [3.8, 4) is 0 Å². The largest absolute Gasteiger partial charge is 0.380 e. The summed E-state index contributed by atoms with van der Waals surface area (Å²) in [5.41, 5.74) is 3.23. The van der Waals surface area contributed by atoms with Crippen LogP contribution in [0.25, 0.3) is 0 Å². The molecule has 2 bridgehead atoms. The van der Waals surface area contributed by atoms with Gasteiger partial charge >= 0.3 is 0 Å². The maximum atomic E-state index is 4.38. The van der Waals surface area contributed by atoms with E-state index in [2.05, 4.69) is 44.1 Å². The fourth-order valence-electron chi connectivity index (χ4n) is 4.25. The standard InChI is InChI=1S/C16H24N2/c1-11-13(6-5-9-17-11)18-14-10-12-7-8-16(14,4)15(12,2)3/h5-6,9,12,14,18H,7-8,10H2,1-4H3. The van der Waals surface area contributed by atoms with Gasteiger partial charge in [0.15, 0.2) is 0 Å². The van der Waals surface area contributed by atoms with Gasteiger partial charge in [-0.15, -0.1) is 0 Å². The Bertz CT molecular complexity index is 466. The van der Waals surface area contributed by atoms with Crippen LogP contribution < -0.4 is 5.32 Å². The summed E-state index contributed by atoms with van der Waals surface area (Å²) in [7, 11) is 0. The minimum Gasteiger partial charge on any atom is -0.380 e. The highest BCUT2D eigenvalue weighted by Gasteiger charge is 2.61. The van der Waals surface area contributed by atoms with Crippen molar-refractivity contribution < 1.29 is 0 Å². The first-order chi connectivity index (χ1) is 8.45. The highest BCUT2D eigenvalue weighted by molar-refractivity contribution is 5.48. The number of aryl methyl sites for hydroxylation is 1. The first-order valence-corrected chi connectivity index (χ1v) is 7.13. The van der Waals surface area contributed by atoms with E-state index in [9.17, 15) is 0 Å². The smallest absolute Gasteiger partial charge is 0.0603 e. The highest BCUT2D eigenvalue weighted by atomic mass is 15.0. The Kier molecular flexibility index (Phi) is 2.48. The molecule has 98 valence electrons. The predicted molar refractivity (Wildman–Crippen MR) is 75.6 cm³/mol. The molecule has 0 radical (unpaired) electrons. The van der Waals surface area contributed by atoms with Gasteiger partial charge in [0.2, 0.25) is 0 Å². The van der Waals surface area contributed by atoms with Gasteiger partial charge in [0, 0.05) is 12.2 Å². The maximum Gasteiger partial charge on any atom is 0.0603 e. The third kappa shape index (κ3) is 1.44. The summed E-state index contributed by atoms with van der Waals surface area (Å²) in [5.74, 6) is 0.886. The molecule has 1 N–H and O–H groups in total. The molecule has 0 spiro atoms. The Hall–Kier alpha value is -1.05. The quantitative estimate of drug-likeness (QED) is 0.850. The van der Waals surface area contributed by atoms with Crippen LogP contribution in [0.2, 0.25) is 0 Å². The van der Waals surface area contributed by atoms with Gasteiger partial charge in [0.1, 0.15) is 0 Å². The lowest BCUT2D eigenvalue weighted by Crippen LogP contribution is -2.40. The van der Waals surface area contributed by atoms with Crippen molar-refractivity contribution in [2.45, 2.75) is 53.0 Å². The van der Waals surface area contributed by atoms with Crippen LogP contribution in [0.5, 0.6) is 0 Å². The Balaban J connectivity index is 1.86. The number of hydrogen-bond acceptors (Lipinski definition) is 2. The Morgan fingerprint density at radius 1 is 1.33 bits per heavy atom. The van der Waals surface area contributed by atoms with E-state index in [1.165, 1.54) is 24.9 Å². The summed E-state index contributed by atoms with van der Waals surface area (Å²) in [5, 5.41) is 3.77. The summed E-state index contributed by atoms with van der Waals surface area (Å²) >= 11 is 0. The predicted octanol–water partition coefficient (Wildman–Crippen LogP) is 4.02. The zero-order valence-electron chi connectivity index (χ0n) is 12.0. The van der Waals surface area contributed by atoms with E-state index in [0.717, 1.165) is 11.6 Å². The van der Waals surface area contributed by atoms with E-state index in [0.29, 0.717) is 16.9 Å². The van der Waals surface area contributed by atoms with Gasteiger partial charge in [-0.05, 0) is 55.1 Å². The van der Waals surface area contributed by atoms with E-state index < -0.39 is 0 Å². The SMILES string of the molecule is Cc1ncccc1NC1CC2CCC1(C)C2(C)C. The van der Waals surface area contributed by atoms with Gasteiger partial charge in [-0.3, -0.25) is 4.98 Å². The lowest BCUT2D eigenvalue weighted by Gasteiger charge is -2.40. The van der Waals surface area contributed by atoms with Crippen molar-refractivity contribution in [2.75, 3.05) is 5.32 Å². The zero-order valence-corrected chi connectivity index (χ0v) is 12.0. The molecule has 2 saturated carbocycles. The fraction of sp³-hybridized carbons (Fsp3) is 0.688. The van der Waals surface area contributed by atoms with Gasteiger partial charge in [0.05, 0.1) is 11.4 Å². The van der Waals surface area contributed by atoms with Crippen LogP contribution in [-0.2, 0) is 0 Å². The van der Waals surface area contributed by atoms with Crippen LogP contribution in [0.3, 0.4) is 0 Å². The minimum atomic E-state index is 0.431. The number of fused-ring (bicyclic) bond motifs is 2. The van der Waals surface area contributed by atoms with E-state index in [4.69, 9.17) is 0 Å². The minimum absolute atomic E-state index is 0.431. The molecule has 1 aromatic heterocycles. The molecule has 0 aliphatic heterocycles. The van der Waals surface area contributed by atoms with Gasteiger partial charge in [-0.1, -0.05) is 20.8 Å². The molecule has 2 heteroatoms. The average molecular weight is 244 g/mol. The van der Waals surface area contributed by atoms with Gasteiger partial charge in [-0.2, -0.15) is 0 Å². The van der Waals surface area contributed by atoms with Crippen LogP contribution in [0.1, 0.15) is 45.7 Å². The van der Waals surface area contributed by atoms with E-state index in [1.54, 1.807) is 0 Å². The molecule has 2 aliphatic rings. The van der Waals surface area contributed by atoms with Gasteiger partial charge in [-0.25, -0.2) is 0 Å².